The lowest BCUT2D eigenvalue weighted by Gasteiger charge is -2.15. The molecular formula is C6H16Si. The zero-order valence-electron chi connectivity index (χ0n) is 15.2. The second-order valence-electron chi connectivity index (χ2n) is 1.28. The molecule has 0 aliphatic rings. The van der Waals surface area contributed by atoms with E-state index in [0.717, 1.165) is 6.55 Å². The predicted octanol–water partition coefficient (Wildman–Crippen LogP) is 1.67. The third kappa shape index (κ3) is 6.22. The maximum Gasteiger partial charge on any atom is 0.0236 e. The molecule has 0 rings (SSSR count). The summed E-state index contributed by atoms with van der Waals surface area (Å²) in [5.41, 5.74) is -3.02. The van der Waals surface area contributed by atoms with Crippen LogP contribution < -0.4 is 0 Å². The molecule has 0 aromatic rings. The quantitative estimate of drug-likeness (QED) is 0.470. The zero-order valence-corrected chi connectivity index (χ0v) is 5.21. The average Bonchev–Trinajstić information content (AvgIpc) is 1.96. The van der Waals surface area contributed by atoms with Crippen LogP contribution in [0.2, 0.25) is 12.5 Å². The summed E-state index contributed by atoms with van der Waals surface area (Å²) < 4.78 is 81.5. The van der Waals surface area contributed by atoms with Crippen molar-refractivity contribution in [1.82, 2.24) is 0 Å². The Morgan fingerprint density at radius 2 is 2.71 bits per heavy atom. The molecule has 0 aliphatic carbocycles. The molecule has 7 heavy (non-hydrogen) atoms. The van der Waals surface area contributed by atoms with Crippen molar-refractivity contribution in [3.63, 3.8) is 0 Å². The van der Waals surface area contributed by atoms with Gasteiger partial charge in [-0.2, -0.15) is 0 Å². The van der Waals surface area contributed by atoms with Crippen LogP contribution in [0.15, 0.2) is 0 Å². The number of hydrogen-bond acceptors (Lipinski definition) is 0. The normalized spacial score (nSPS) is 42.7. The average molecular weight is 127 g/mol. The monoisotopic (exact) mass is 127 g/mol. The molecular weight excluding hydrogens is 100 g/mol. The number of rotatable bonds is 1. The molecule has 0 saturated carbocycles. The first-order valence-electron chi connectivity index (χ1n) is 7.56. The minimum Gasteiger partial charge on any atom is -0.0748 e. The van der Waals surface area contributed by atoms with Crippen LogP contribution in [0.3, 0.4) is 0 Å². The molecule has 0 bridgehead atoms. The van der Waals surface area contributed by atoms with Gasteiger partial charge in [-0.25, -0.2) is 0 Å². The molecule has 0 atom stereocenters. The van der Waals surface area contributed by atoms with E-state index in [1.807, 2.05) is 0 Å². The van der Waals surface area contributed by atoms with Crippen LogP contribution in [-0.2, 0) is 0 Å². The van der Waals surface area contributed by atoms with Crippen molar-refractivity contribution < 1.29 is 12.3 Å². The standard InChI is InChI=1S/C6H16Si/c1-6(2,3)5-7-4/h5,7H2,1-4H3/i1D,2D3,3D3,5D2,7D2. The Labute approximate surface area is 64.2 Å². The topological polar surface area (TPSA) is 0 Å². The predicted molar refractivity (Wildman–Crippen MR) is 38.7 cm³/mol. The number of hydrogen-bond donors (Lipinski definition) is 0. The van der Waals surface area contributed by atoms with Crippen molar-refractivity contribution in [3.05, 3.63) is 0 Å². The highest BCUT2D eigenvalue weighted by atomic mass is 28.2. The first kappa shape index (κ1) is 0.941. The van der Waals surface area contributed by atoms with E-state index < -0.39 is 41.4 Å². The minimum absolute atomic E-state index is 0.912. The Morgan fingerprint density at radius 1 is 2.00 bits per heavy atom. The summed E-state index contributed by atoms with van der Waals surface area (Å²) in [6, 6.07) is 0. The second-order valence-corrected chi connectivity index (χ2v) is 2.03. The molecule has 1 heteroatoms. The Hall–Kier alpha value is 0.217. The lowest BCUT2D eigenvalue weighted by Crippen LogP contribution is -2.05. The summed E-state index contributed by atoms with van der Waals surface area (Å²) in [6.45, 7) is -6.90. The van der Waals surface area contributed by atoms with E-state index in [9.17, 15) is 0 Å². The van der Waals surface area contributed by atoms with Crippen LogP contribution in [0, 0.1) is 5.41 Å². The third-order valence-corrected chi connectivity index (χ3v) is 1.02. The summed E-state index contributed by atoms with van der Waals surface area (Å²) >= 11 is 0. The van der Waals surface area contributed by atoms with Crippen LogP contribution in [0.1, 0.15) is 32.9 Å². The van der Waals surface area contributed by atoms with Gasteiger partial charge in [-0.05, 0) is 5.41 Å². The molecule has 0 spiro atoms. The summed E-state index contributed by atoms with van der Waals surface area (Å²) in [5.74, 6) is -3.07. The molecule has 0 radical (unpaired) electrons. The Kier molecular flexibility index (Phi) is 0.337. The van der Waals surface area contributed by atoms with E-state index in [-0.39, 0.29) is 0 Å². The van der Waals surface area contributed by atoms with Crippen molar-refractivity contribution in [3.8, 4) is 0 Å². The van der Waals surface area contributed by atoms with E-state index in [4.69, 9.17) is 14.8 Å². The molecule has 0 N–H and O–H groups in total. The Morgan fingerprint density at radius 3 is 2.86 bits per heavy atom. The van der Waals surface area contributed by atoms with Gasteiger partial charge in [-0.1, -0.05) is 33.1 Å². The van der Waals surface area contributed by atoms with Crippen LogP contribution in [0.4, 0.5) is 0 Å². The molecule has 0 nitrogen and oxygen atoms in total. The summed E-state index contributed by atoms with van der Waals surface area (Å²) in [5, 5.41) is 0. The summed E-state index contributed by atoms with van der Waals surface area (Å²) in [6.07, 6.45) is 0. The largest absolute Gasteiger partial charge is 0.0748 e. The van der Waals surface area contributed by atoms with Gasteiger partial charge in [0, 0.05) is 24.2 Å². The van der Waals surface area contributed by atoms with Crippen LogP contribution >= 0.6 is 0 Å². The second kappa shape index (κ2) is 2.51. The van der Waals surface area contributed by atoms with Gasteiger partial charge in [0.2, 0.25) is 0 Å². The van der Waals surface area contributed by atoms with Crippen LogP contribution in [0.25, 0.3) is 0 Å². The van der Waals surface area contributed by atoms with Gasteiger partial charge in [0.1, 0.15) is 0 Å². The maximum atomic E-state index is 7.71. The molecule has 0 aromatic heterocycles. The molecule has 44 valence electrons. The van der Waals surface area contributed by atoms with Crippen molar-refractivity contribution in [2.24, 2.45) is 5.41 Å². The molecule has 0 aromatic carbocycles. The highest BCUT2D eigenvalue weighted by molar-refractivity contribution is 6.33. The first-order valence-corrected chi connectivity index (χ1v) is 3.35. The van der Waals surface area contributed by atoms with E-state index in [1.165, 1.54) is 0 Å². The third-order valence-electron chi connectivity index (χ3n) is 0.338. The van der Waals surface area contributed by atoms with Crippen molar-refractivity contribution in [2.45, 2.75) is 33.1 Å². The molecule has 0 saturated heterocycles. The van der Waals surface area contributed by atoms with E-state index in [0.29, 0.717) is 0 Å². The van der Waals surface area contributed by atoms with E-state index >= 15 is 0 Å². The van der Waals surface area contributed by atoms with Gasteiger partial charge in [-0.3, -0.25) is 0 Å². The van der Waals surface area contributed by atoms with Crippen molar-refractivity contribution in [2.75, 3.05) is 0 Å². The molecule has 0 aliphatic heterocycles. The fourth-order valence-corrected chi connectivity index (χ4v) is 0.640. The fourth-order valence-electron chi connectivity index (χ4n) is 0.213. The minimum atomic E-state index is -4.27. The smallest absolute Gasteiger partial charge is 0.0236 e. The van der Waals surface area contributed by atoms with Gasteiger partial charge in [-0.15, -0.1) is 0 Å². The van der Waals surface area contributed by atoms with Crippen molar-refractivity contribution in [1.29, 1.82) is 2.47 Å². The van der Waals surface area contributed by atoms with E-state index in [2.05, 4.69) is 0 Å². The van der Waals surface area contributed by atoms with Gasteiger partial charge < -0.3 is 0 Å². The fraction of sp³-hybridized carbons (Fsp3) is 1.00. The van der Waals surface area contributed by atoms with Crippen LogP contribution in [0.5, 0.6) is 0 Å². The Bertz CT molecular complexity index is 280. The molecule has 0 amide bonds. The van der Waals surface area contributed by atoms with Gasteiger partial charge in [0.25, 0.3) is 0 Å². The highest BCUT2D eigenvalue weighted by Crippen LogP contribution is 2.17. The molecule has 0 fully saturated rings. The van der Waals surface area contributed by atoms with Crippen LogP contribution in [-0.4, -0.2) is 11.9 Å². The van der Waals surface area contributed by atoms with E-state index in [1.54, 1.807) is 0 Å². The van der Waals surface area contributed by atoms with Gasteiger partial charge in [0.15, 0.2) is 0 Å². The van der Waals surface area contributed by atoms with Gasteiger partial charge in [0.05, 0.1) is 0 Å². The Balaban J connectivity index is 6.27. The summed E-state index contributed by atoms with van der Waals surface area (Å²) in [7, 11) is -4.27. The lowest BCUT2D eigenvalue weighted by molar-refractivity contribution is 0.467. The maximum absolute atomic E-state index is 7.71. The lowest BCUT2D eigenvalue weighted by atomic mass is 10.0. The van der Waals surface area contributed by atoms with Crippen molar-refractivity contribution >= 4 is 9.38 Å². The molecule has 0 unspecified atom stereocenters. The SMILES string of the molecule is [2H]CC(C([2H])([2H])[2H])(C([2H])([2H])[2H])C([2H])([2H])[Si]([2H])([2H])C. The highest BCUT2D eigenvalue weighted by Gasteiger charge is 2.06. The molecule has 0 heterocycles. The summed E-state index contributed by atoms with van der Waals surface area (Å²) in [4.78, 5) is 0. The first-order chi connectivity index (χ1) is 7.56. The van der Waals surface area contributed by atoms with Gasteiger partial charge >= 0.3 is 0 Å². The zero-order chi connectivity index (χ0) is 15.2.